The van der Waals surface area contributed by atoms with Gasteiger partial charge in [-0.3, -0.25) is 4.79 Å². The fourth-order valence-corrected chi connectivity index (χ4v) is 2.74. The number of hydrogen-bond acceptors (Lipinski definition) is 2. The monoisotopic (exact) mass is 371 g/mol. The van der Waals surface area contributed by atoms with Gasteiger partial charge < -0.3 is 10.1 Å². The molecule has 0 bridgehead atoms. The second-order valence-corrected chi connectivity index (χ2v) is 6.53. The Bertz CT molecular complexity index is 703. The van der Waals surface area contributed by atoms with Crippen molar-refractivity contribution in [1.82, 2.24) is 0 Å². The highest BCUT2D eigenvalue weighted by atomic mass is 35.5. The lowest BCUT2D eigenvalue weighted by Gasteiger charge is -2.16. The number of hydrogen-bond donors (Lipinski definition) is 1. The van der Waals surface area contributed by atoms with Crippen molar-refractivity contribution in [3.05, 3.63) is 56.5 Å². The molecule has 0 aliphatic heterocycles. The normalized spacial score (nSPS) is 11.9. The molecule has 1 amide bonds. The maximum absolute atomic E-state index is 12.2. The van der Waals surface area contributed by atoms with Crippen LogP contribution in [-0.2, 0) is 4.79 Å². The van der Waals surface area contributed by atoms with Crippen LogP contribution in [0.5, 0.6) is 5.75 Å². The zero-order valence-corrected chi connectivity index (χ0v) is 15.2. The topological polar surface area (TPSA) is 38.3 Å². The molecule has 1 unspecified atom stereocenters. The lowest BCUT2D eigenvalue weighted by atomic mass is 10.1. The molecule has 2 aromatic carbocycles. The summed E-state index contributed by atoms with van der Waals surface area (Å²) in [6, 6.07) is 8.44. The number of anilines is 1. The minimum Gasteiger partial charge on any atom is -0.481 e. The minimum atomic E-state index is -0.687. The average Bonchev–Trinajstić information content (AvgIpc) is 2.43. The lowest BCUT2D eigenvalue weighted by Crippen LogP contribution is -2.30. The van der Waals surface area contributed by atoms with Gasteiger partial charge in [0.05, 0.1) is 0 Å². The summed E-state index contributed by atoms with van der Waals surface area (Å²) in [5.74, 6) is 0.296. The first-order valence-electron chi connectivity index (χ1n) is 6.96. The third-order valence-corrected chi connectivity index (χ3v) is 4.25. The first kappa shape index (κ1) is 17.9. The maximum atomic E-state index is 12.2. The van der Waals surface area contributed by atoms with Gasteiger partial charge in [-0.15, -0.1) is 0 Å². The molecule has 1 N–H and O–H groups in total. The molecule has 2 rings (SSSR count). The molecule has 0 aromatic heterocycles. The predicted molar refractivity (Wildman–Crippen MR) is 96.1 cm³/mol. The van der Waals surface area contributed by atoms with Crippen LogP contribution in [0.1, 0.15) is 18.1 Å². The van der Waals surface area contributed by atoms with Gasteiger partial charge in [-0.25, -0.2) is 0 Å². The summed E-state index contributed by atoms with van der Waals surface area (Å²) in [5.41, 5.74) is 2.32. The number of carbonyl (C=O) groups excluding carboxylic acids is 1. The van der Waals surface area contributed by atoms with E-state index in [0.29, 0.717) is 26.5 Å². The van der Waals surface area contributed by atoms with Gasteiger partial charge in [-0.05, 0) is 62.2 Å². The molecule has 0 radical (unpaired) electrons. The number of amides is 1. The van der Waals surface area contributed by atoms with Crippen LogP contribution in [0.4, 0.5) is 5.69 Å². The average molecular weight is 373 g/mol. The van der Waals surface area contributed by atoms with Gasteiger partial charge >= 0.3 is 0 Å². The van der Waals surface area contributed by atoms with Crippen molar-refractivity contribution in [2.45, 2.75) is 26.9 Å². The quantitative estimate of drug-likeness (QED) is 0.751. The van der Waals surface area contributed by atoms with Crippen LogP contribution >= 0.6 is 34.8 Å². The van der Waals surface area contributed by atoms with E-state index in [4.69, 9.17) is 39.5 Å². The molecule has 0 saturated carbocycles. The van der Waals surface area contributed by atoms with Gasteiger partial charge in [0.1, 0.15) is 5.75 Å². The Labute approximate surface area is 150 Å². The largest absolute Gasteiger partial charge is 0.481 e. The number of benzene rings is 2. The molecule has 0 saturated heterocycles. The fraction of sp³-hybridized carbons (Fsp3) is 0.235. The van der Waals surface area contributed by atoms with E-state index in [1.54, 1.807) is 37.3 Å². The number of nitrogens with one attached hydrogen (secondary N) is 1. The predicted octanol–water partition coefficient (Wildman–Crippen LogP) is 5.67. The molecule has 0 aliphatic rings. The maximum Gasteiger partial charge on any atom is 0.265 e. The van der Waals surface area contributed by atoms with E-state index in [9.17, 15) is 4.79 Å². The van der Waals surface area contributed by atoms with Gasteiger partial charge in [0.15, 0.2) is 6.10 Å². The standard InChI is InChI=1S/C17H16Cl3NO2/c1-9-4-15(5-10(2)16(9)20)23-11(3)17(22)21-14-7-12(18)6-13(19)8-14/h4-8,11H,1-3H3,(H,21,22). The van der Waals surface area contributed by atoms with Crippen molar-refractivity contribution in [1.29, 1.82) is 0 Å². The molecular weight excluding hydrogens is 357 g/mol. The molecule has 23 heavy (non-hydrogen) atoms. The Hall–Kier alpha value is -1.42. The van der Waals surface area contributed by atoms with E-state index < -0.39 is 6.10 Å². The third-order valence-electron chi connectivity index (χ3n) is 3.22. The molecule has 6 heteroatoms. The van der Waals surface area contributed by atoms with Crippen molar-refractivity contribution in [3.8, 4) is 5.75 Å². The Morgan fingerprint density at radius 1 is 1.00 bits per heavy atom. The number of halogens is 3. The molecule has 0 heterocycles. The summed E-state index contributed by atoms with van der Waals surface area (Å²) in [6.07, 6.45) is -0.687. The smallest absolute Gasteiger partial charge is 0.265 e. The molecule has 0 aliphatic carbocycles. The second-order valence-electron chi connectivity index (χ2n) is 5.28. The number of ether oxygens (including phenoxy) is 1. The van der Waals surface area contributed by atoms with Crippen LogP contribution < -0.4 is 10.1 Å². The molecular formula is C17H16Cl3NO2. The van der Waals surface area contributed by atoms with E-state index in [-0.39, 0.29) is 5.91 Å². The summed E-state index contributed by atoms with van der Waals surface area (Å²) in [7, 11) is 0. The molecule has 3 nitrogen and oxygen atoms in total. The molecule has 122 valence electrons. The van der Waals surface area contributed by atoms with Crippen molar-refractivity contribution in [2.24, 2.45) is 0 Å². The molecule has 1 atom stereocenters. The first-order valence-corrected chi connectivity index (χ1v) is 8.10. The SMILES string of the molecule is Cc1cc(OC(C)C(=O)Nc2cc(Cl)cc(Cl)c2)cc(C)c1Cl. The van der Waals surface area contributed by atoms with Crippen molar-refractivity contribution < 1.29 is 9.53 Å². The highest BCUT2D eigenvalue weighted by Gasteiger charge is 2.16. The summed E-state index contributed by atoms with van der Waals surface area (Å²) in [5, 5.41) is 4.32. The van der Waals surface area contributed by atoms with Gasteiger partial charge in [-0.2, -0.15) is 0 Å². The van der Waals surface area contributed by atoms with Crippen molar-refractivity contribution in [3.63, 3.8) is 0 Å². The van der Waals surface area contributed by atoms with Crippen LogP contribution in [0.25, 0.3) is 0 Å². The van der Waals surface area contributed by atoms with Crippen LogP contribution in [0.2, 0.25) is 15.1 Å². The minimum absolute atomic E-state index is 0.298. The first-order chi connectivity index (χ1) is 10.8. The lowest BCUT2D eigenvalue weighted by molar-refractivity contribution is -0.122. The highest BCUT2D eigenvalue weighted by molar-refractivity contribution is 6.35. The Kier molecular flexibility index (Phi) is 5.79. The summed E-state index contributed by atoms with van der Waals surface area (Å²) < 4.78 is 5.69. The Balaban J connectivity index is 2.08. The van der Waals surface area contributed by atoms with E-state index in [1.807, 2.05) is 13.8 Å². The number of carbonyl (C=O) groups is 1. The van der Waals surface area contributed by atoms with Crippen LogP contribution in [0.3, 0.4) is 0 Å². The third kappa shape index (κ3) is 4.77. The highest BCUT2D eigenvalue weighted by Crippen LogP contribution is 2.27. The zero-order valence-electron chi connectivity index (χ0n) is 12.9. The molecule has 0 fully saturated rings. The van der Waals surface area contributed by atoms with E-state index in [1.165, 1.54) is 0 Å². The van der Waals surface area contributed by atoms with E-state index in [2.05, 4.69) is 5.32 Å². The van der Waals surface area contributed by atoms with Crippen LogP contribution in [0, 0.1) is 13.8 Å². The van der Waals surface area contributed by atoms with Crippen molar-refractivity contribution in [2.75, 3.05) is 5.32 Å². The van der Waals surface area contributed by atoms with E-state index in [0.717, 1.165) is 11.1 Å². The van der Waals surface area contributed by atoms with Crippen LogP contribution in [-0.4, -0.2) is 12.0 Å². The fourth-order valence-electron chi connectivity index (χ4n) is 2.10. The Morgan fingerprint density at radius 2 is 1.52 bits per heavy atom. The second kappa shape index (κ2) is 7.43. The van der Waals surface area contributed by atoms with Gasteiger partial charge in [-0.1, -0.05) is 34.8 Å². The van der Waals surface area contributed by atoms with Gasteiger partial charge in [0.25, 0.3) is 5.91 Å². The molecule has 0 spiro atoms. The van der Waals surface area contributed by atoms with E-state index >= 15 is 0 Å². The summed E-state index contributed by atoms with van der Waals surface area (Å²) in [4.78, 5) is 12.2. The summed E-state index contributed by atoms with van der Waals surface area (Å²) >= 11 is 18.0. The summed E-state index contributed by atoms with van der Waals surface area (Å²) in [6.45, 7) is 5.45. The number of aryl methyl sites for hydroxylation is 2. The van der Waals surface area contributed by atoms with Crippen LogP contribution in [0.15, 0.2) is 30.3 Å². The molecule has 2 aromatic rings. The zero-order chi connectivity index (χ0) is 17.1. The van der Waals surface area contributed by atoms with Crippen molar-refractivity contribution >= 4 is 46.4 Å². The Morgan fingerprint density at radius 3 is 2.04 bits per heavy atom. The van der Waals surface area contributed by atoms with Gasteiger partial charge in [0, 0.05) is 20.8 Å². The number of rotatable bonds is 4. The van der Waals surface area contributed by atoms with Gasteiger partial charge in [0.2, 0.25) is 0 Å².